The number of amides is 1. The van der Waals surface area contributed by atoms with Gasteiger partial charge in [-0.15, -0.1) is 0 Å². The van der Waals surface area contributed by atoms with Crippen molar-refractivity contribution in [3.8, 4) is 0 Å². The summed E-state index contributed by atoms with van der Waals surface area (Å²) in [5.41, 5.74) is 2.88. The molecule has 1 amide bonds. The van der Waals surface area contributed by atoms with E-state index >= 15 is 0 Å². The molecule has 1 atom stereocenters. The molecule has 3 rings (SSSR count). The van der Waals surface area contributed by atoms with Crippen LogP contribution in [0.2, 0.25) is 0 Å². The number of rotatable bonds is 2. The van der Waals surface area contributed by atoms with Crippen molar-refractivity contribution >= 4 is 5.91 Å². The Morgan fingerprint density at radius 2 is 1.81 bits per heavy atom. The van der Waals surface area contributed by atoms with Crippen LogP contribution in [0.1, 0.15) is 50.7 Å². The van der Waals surface area contributed by atoms with Crippen LogP contribution >= 0.6 is 0 Å². The van der Waals surface area contributed by atoms with E-state index in [0.717, 1.165) is 32.2 Å². The van der Waals surface area contributed by atoms with Crippen LogP contribution in [0.3, 0.4) is 0 Å². The summed E-state index contributed by atoms with van der Waals surface area (Å²) >= 11 is 0. The Kier molecular flexibility index (Phi) is 4.32. The van der Waals surface area contributed by atoms with Crippen LogP contribution in [-0.4, -0.2) is 23.4 Å². The molecule has 0 radical (unpaired) electrons. The first kappa shape index (κ1) is 14.6. The number of benzene rings is 1. The molecule has 1 heterocycles. The van der Waals surface area contributed by atoms with Crippen molar-refractivity contribution in [1.82, 2.24) is 4.90 Å². The topological polar surface area (TPSA) is 20.3 Å². The predicted octanol–water partition coefficient (Wildman–Crippen LogP) is 3.83. The molecule has 21 heavy (non-hydrogen) atoms. The predicted molar refractivity (Wildman–Crippen MR) is 86.1 cm³/mol. The van der Waals surface area contributed by atoms with Crippen LogP contribution in [0.5, 0.6) is 0 Å². The number of carbonyl (C=O) groups is 1. The second kappa shape index (κ2) is 6.21. The second-order valence-corrected chi connectivity index (χ2v) is 7.05. The molecule has 1 fully saturated rings. The summed E-state index contributed by atoms with van der Waals surface area (Å²) in [5.74, 6) is 1.24. The monoisotopic (exact) mass is 285 g/mol. The molecule has 1 aliphatic carbocycles. The van der Waals surface area contributed by atoms with Crippen LogP contribution in [0.4, 0.5) is 0 Å². The first-order valence-corrected chi connectivity index (χ1v) is 8.54. The van der Waals surface area contributed by atoms with Crippen LogP contribution < -0.4 is 0 Å². The van der Waals surface area contributed by atoms with E-state index in [2.05, 4.69) is 43.0 Å². The van der Waals surface area contributed by atoms with E-state index in [9.17, 15) is 4.79 Å². The summed E-state index contributed by atoms with van der Waals surface area (Å²) in [4.78, 5) is 15.2. The van der Waals surface area contributed by atoms with E-state index in [1.54, 1.807) is 0 Å². The van der Waals surface area contributed by atoms with Crippen molar-refractivity contribution in [2.75, 3.05) is 6.54 Å². The van der Waals surface area contributed by atoms with E-state index in [1.807, 2.05) is 0 Å². The second-order valence-electron chi connectivity index (χ2n) is 7.05. The Morgan fingerprint density at radius 1 is 1.14 bits per heavy atom. The molecule has 1 aliphatic heterocycles. The zero-order valence-corrected chi connectivity index (χ0v) is 13.3. The smallest absolute Gasteiger partial charge is 0.225 e. The first-order valence-electron chi connectivity index (χ1n) is 8.54. The SMILES string of the molecule is CC(C)[C@H]1Cc2ccccc2CCN1C(=O)C1CCCC1. The van der Waals surface area contributed by atoms with E-state index in [1.165, 1.54) is 24.0 Å². The van der Waals surface area contributed by atoms with Gasteiger partial charge in [0.2, 0.25) is 5.91 Å². The van der Waals surface area contributed by atoms with Gasteiger partial charge in [0.05, 0.1) is 0 Å². The lowest BCUT2D eigenvalue weighted by atomic mass is 9.93. The van der Waals surface area contributed by atoms with Gasteiger partial charge in [-0.3, -0.25) is 4.79 Å². The maximum absolute atomic E-state index is 12.9. The number of carbonyl (C=O) groups excluding carboxylic acids is 1. The molecule has 0 saturated heterocycles. The highest BCUT2D eigenvalue weighted by Crippen LogP contribution is 2.31. The molecule has 0 aromatic heterocycles. The van der Waals surface area contributed by atoms with Gasteiger partial charge < -0.3 is 4.90 Å². The van der Waals surface area contributed by atoms with Gasteiger partial charge >= 0.3 is 0 Å². The molecule has 1 saturated carbocycles. The summed E-state index contributed by atoms with van der Waals surface area (Å²) < 4.78 is 0. The van der Waals surface area contributed by atoms with Crippen molar-refractivity contribution in [2.24, 2.45) is 11.8 Å². The number of hydrogen-bond donors (Lipinski definition) is 0. The highest BCUT2D eigenvalue weighted by molar-refractivity contribution is 5.79. The molecule has 2 nitrogen and oxygen atoms in total. The Labute approximate surface area is 128 Å². The summed E-state index contributed by atoms with van der Waals surface area (Å²) in [6.45, 7) is 5.41. The molecule has 0 unspecified atom stereocenters. The third kappa shape index (κ3) is 3.00. The van der Waals surface area contributed by atoms with Gasteiger partial charge in [0, 0.05) is 18.5 Å². The zero-order valence-electron chi connectivity index (χ0n) is 13.3. The van der Waals surface area contributed by atoms with Crippen LogP contribution in [0.25, 0.3) is 0 Å². The summed E-state index contributed by atoms with van der Waals surface area (Å²) in [6.07, 6.45) is 6.71. The third-order valence-electron chi connectivity index (χ3n) is 5.33. The normalized spacial score (nSPS) is 23.2. The maximum Gasteiger partial charge on any atom is 0.225 e. The lowest BCUT2D eigenvalue weighted by Crippen LogP contribution is -2.46. The molecule has 114 valence electrons. The lowest BCUT2D eigenvalue weighted by Gasteiger charge is -2.35. The highest BCUT2D eigenvalue weighted by Gasteiger charge is 2.34. The van der Waals surface area contributed by atoms with Gasteiger partial charge in [-0.1, -0.05) is 51.0 Å². The highest BCUT2D eigenvalue weighted by atomic mass is 16.2. The molecule has 1 aromatic rings. The van der Waals surface area contributed by atoms with Crippen LogP contribution in [0.15, 0.2) is 24.3 Å². The summed E-state index contributed by atoms with van der Waals surface area (Å²) in [5, 5.41) is 0. The molecular weight excluding hydrogens is 258 g/mol. The molecule has 2 heteroatoms. The van der Waals surface area contributed by atoms with Crippen LogP contribution in [-0.2, 0) is 17.6 Å². The third-order valence-corrected chi connectivity index (χ3v) is 5.33. The summed E-state index contributed by atoms with van der Waals surface area (Å²) in [6, 6.07) is 9.09. The Hall–Kier alpha value is -1.31. The standard InChI is InChI=1S/C19H27NO/c1-14(2)18-13-17-10-6-3-7-15(17)11-12-20(18)19(21)16-8-4-5-9-16/h3,6-7,10,14,16,18H,4-5,8-9,11-13H2,1-2H3/t18-/m1/s1. The zero-order chi connectivity index (χ0) is 14.8. The average Bonchev–Trinajstić information content (AvgIpc) is 2.94. The van der Waals surface area contributed by atoms with Crippen molar-refractivity contribution in [2.45, 2.75) is 58.4 Å². The van der Waals surface area contributed by atoms with Crippen molar-refractivity contribution < 1.29 is 4.79 Å². The molecule has 1 aromatic carbocycles. The van der Waals surface area contributed by atoms with Gasteiger partial charge in [0.15, 0.2) is 0 Å². The molecular formula is C19H27NO. The van der Waals surface area contributed by atoms with E-state index in [0.29, 0.717) is 23.8 Å². The molecule has 0 bridgehead atoms. The Morgan fingerprint density at radius 3 is 2.48 bits per heavy atom. The minimum atomic E-state index is 0.299. The Bertz CT molecular complexity index is 502. The molecule has 2 aliphatic rings. The van der Waals surface area contributed by atoms with E-state index < -0.39 is 0 Å². The van der Waals surface area contributed by atoms with Gasteiger partial charge in [0.25, 0.3) is 0 Å². The first-order chi connectivity index (χ1) is 10.2. The fourth-order valence-corrected chi connectivity index (χ4v) is 4.02. The minimum absolute atomic E-state index is 0.299. The van der Waals surface area contributed by atoms with E-state index in [4.69, 9.17) is 0 Å². The molecule has 0 N–H and O–H groups in total. The molecule has 0 spiro atoms. The van der Waals surface area contributed by atoms with Crippen molar-refractivity contribution in [3.05, 3.63) is 35.4 Å². The quantitative estimate of drug-likeness (QED) is 0.808. The van der Waals surface area contributed by atoms with Crippen molar-refractivity contribution in [1.29, 1.82) is 0 Å². The lowest BCUT2D eigenvalue weighted by molar-refractivity contribution is -0.138. The summed E-state index contributed by atoms with van der Waals surface area (Å²) in [7, 11) is 0. The minimum Gasteiger partial charge on any atom is -0.339 e. The number of nitrogens with zero attached hydrogens (tertiary/aromatic N) is 1. The number of hydrogen-bond acceptors (Lipinski definition) is 1. The fourth-order valence-electron chi connectivity index (χ4n) is 4.02. The largest absolute Gasteiger partial charge is 0.339 e. The fraction of sp³-hybridized carbons (Fsp3) is 0.632. The maximum atomic E-state index is 12.9. The van der Waals surface area contributed by atoms with Gasteiger partial charge in [-0.05, 0) is 42.7 Å². The number of fused-ring (bicyclic) bond motifs is 1. The van der Waals surface area contributed by atoms with Crippen molar-refractivity contribution in [3.63, 3.8) is 0 Å². The Balaban J connectivity index is 1.84. The van der Waals surface area contributed by atoms with Crippen LogP contribution in [0, 0.1) is 11.8 Å². The average molecular weight is 285 g/mol. The van der Waals surface area contributed by atoms with Gasteiger partial charge in [-0.25, -0.2) is 0 Å². The van der Waals surface area contributed by atoms with E-state index in [-0.39, 0.29) is 0 Å². The van der Waals surface area contributed by atoms with Gasteiger partial charge in [0.1, 0.15) is 0 Å². The van der Waals surface area contributed by atoms with Gasteiger partial charge in [-0.2, -0.15) is 0 Å².